The van der Waals surface area contributed by atoms with Crippen LogP contribution in [0.3, 0.4) is 0 Å². The highest BCUT2D eigenvalue weighted by Crippen LogP contribution is 2.37. The lowest BCUT2D eigenvalue weighted by Gasteiger charge is -2.13. The second-order valence-electron chi connectivity index (χ2n) is 6.61. The lowest BCUT2D eigenvalue weighted by atomic mass is 10.0. The number of benzene rings is 2. The van der Waals surface area contributed by atoms with Gasteiger partial charge in [-0.2, -0.15) is 0 Å². The van der Waals surface area contributed by atoms with Crippen LogP contribution in [0, 0.1) is 0 Å². The maximum absolute atomic E-state index is 12.5. The van der Waals surface area contributed by atoms with Gasteiger partial charge in [-0.25, -0.2) is 0 Å². The maximum Gasteiger partial charge on any atom is 0.251 e. The minimum Gasteiger partial charge on any atom is -0.487 e. The molecule has 2 aliphatic rings. The summed E-state index contributed by atoms with van der Waals surface area (Å²) in [7, 11) is 0. The molecule has 7 nitrogen and oxygen atoms in total. The fourth-order valence-corrected chi connectivity index (χ4v) is 3.44. The minimum absolute atomic E-state index is 0.134. The summed E-state index contributed by atoms with van der Waals surface area (Å²) in [5.41, 5.74) is 3.31. The fourth-order valence-electron chi connectivity index (χ4n) is 3.44. The van der Waals surface area contributed by atoms with E-state index in [1.165, 1.54) is 0 Å². The summed E-state index contributed by atoms with van der Waals surface area (Å²) in [5.74, 6) is 1.88. The Kier molecular flexibility index (Phi) is 4.05. The molecule has 1 N–H and O–H groups in total. The molecule has 0 aliphatic carbocycles. The summed E-state index contributed by atoms with van der Waals surface area (Å²) in [4.78, 5) is 21.0. The monoisotopic (exact) mass is 375 g/mol. The molecule has 2 aliphatic heterocycles. The number of fused-ring (bicyclic) bond motifs is 2. The second-order valence-corrected chi connectivity index (χ2v) is 6.61. The van der Waals surface area contributed by atoms with Crippen LogP contribution in [-0.2, 0) is 6.42 Å². The van der Waals surface area contributed by atoms with Crippen molar-refractivity contribution in [3.63, 3.8) is 0 Å². The van der Waals surface area contributed by atoms with Crippen LogP contribution < -0.4 is 19.5 Å². The number of carbonyl (C=O) groups is 1. The summed E-state index contributed by atoms with van der Waals surface area (Å²) in [6.07, 6.45) is 5.61. The van der Waals surface area contributed by atoms with Gasteiger partial charge in [0, 0.05) is 29.9 Å². The predicted molar refractivity (Wildman–Crippen MR) is 100 cm³/mol. The first-order valence-electron chi connectivity index (χ1n) is 9.01. The Morgan fingerprint density at radius 3 is 2.96 bits per heavy atom. The largest absolute Gasteiger partial charge is 0.487 e. The van der Waals surface area contributed by atoms with Crippen molar-refractivity contribution in [2.75, 3.05) is 13.3 Å². The van der Waals surface area contributed by atoms with E-state index in [-0.39, 0.29) is 18.8 Å². The third-order valence-corrected chi connectivity index (χ3v) is 4.79. The molecule has 1 aromatic heterocycles. The van der Waals surface area contributed by atoms with Crippen LogP contribution in [0.4, 0.5) is 0 Å². The number of nitrogens with zero attached hydrogens (tertiary/aromatic N) is 2. The van der Waals surface area contributed by atoms with Crippen molar-refractivity contribution < 1.29 is 19.0 Å². The Hall–Kier alpha value is -3.61. The molecular weight excluding hydrogens is 358 g/mol. The summed E-state index contributed by atoms with van der Waals surface area (Å²) in [6, 6.07) is 11.1. The molecule has 0 saturated heterocycles. The fraction of sp³-hybridized carbons (Fsp3) is 0.190. The first kappa shape index (κ1) is 16.6. The zero-order valence-corrected chi connectivity index (χ0v) is 14.9. The second kappa shape index (κ2) is 6.84. The molecule has 1 atom stereocenters. The van der Waals surface area contributed by atoms with Crippen molar-refractivity contribution in [2.24, 2.45) is 0 Å². The van der Waals surface area contributed by atoms with Crippen LogP contribution in [0.5, 0.6) is 17.2 Å². The molecule has 28 heavy (non-hydrogen) atoms. The number of hydrogen-bond acceptors (Lipinski definition) is 6. The number of ether oxygens (including phenoxy) is 3. The topological polar surface area (TPSA) is 82.6 Å². The molecule has 0 spiro atoms. The van der Waals surface area contributed by atoms with Gasteiger partial charge < -0.3 is 19.5 Å². The normalized spacial score (nSPS) is 16.4. The van der Waals surface area contributed by atoms with Gasteiger partial charge in [-0.3, -0.25) is 14.8 Å². The van der Waals surface area contributed by atoms with Crippen LogP contribution in [0.25, 0.3) is 11.3 Å². The number of carbonyl (C=O) groups excluding carboxylic acids is 1. The average Bonchev–Trinajstić information content (AvgIpc) is 3.38. The number of amides is 1. The van der Waals surface area contributed by atoms with E-state index in [0.29, 0.717) is 23.6 Å². The summed E-state index contributed by atoms with van der Waals surface area (Å²) < 4.78 is 16.7. The van der Waals surface area contributed by atoms with Crippen molar-refractivity contribution in [3.8, 4) is 28.5 Å². The van der Waals surface area contributed by atoms with Crippen LogP contribution in [-0.4, -0.2) is 35.3 Å². The Labute approximate surface area is 161 Å². The lowest BCUT2D eigenvalue weighted by molar-refractivity contribution is 0.0933. The highest BCUT2D eigenvalue weighted by Gasteiger charge is 2.27. The molecule has 140 valence electrons. The summed E-state index contributed by atoms with van der Waals surface area (Å²) in [6.45, 7) is 0.588. The SMILES string of the molecule is O=C(NC[C@@H]1Cc2cccc(-c3cnccn3)c2O1)c1ccc2c(c1)OCO2. The number of para-hydroxylation sites is 1. The molecule has 0 radical (unpaired) electrons. The average molecular weight is 375 g/mol. The molecule has 0 saturated carbocycles. The Bertz CT molecular complexity index is 1040. The Morgan fingerprint density at radius 2 is 2.07 bits per heavy atom. The van der Waals surface area contributed by atoms with Crippen LogP contribution >= 0.6 is 0 Å². The van der Waals surface area contributed by atoms with Gasteiger partial charge in [0.25, 0.3) is 5.91 Å². The van der Waals surface area contributed by atoms with E-state index >= 15 is 0 Å². The smallest absolute Gasteiger partial charge is 0.251 e. The molecule has 3 aromatic rings. The zero-order valence-electron chi connectivity index (χ0n) is 14.9. The molecule has 5 rings (SSSR count). The van der Waals surface area contributed by atoms with E-state index in [0.717, 1.165) is 29.0 Å². The van der Waals surface area contributed by atoms with E-state index in [9.17, 15) is 4.79 Å². The highest BCUT2D eigenvalue weighted by molar-refractivity contribution is 5.95. The number of aromatic nitrogens is 2. The molecule has 3 heterocycles. The van der Waals surface area contributed by atoms with Crippen molar-refractivity contribution in [1.29, 1.82) is 0 Å². The highest BCUT2D eigenvalue weighted by atomic mass is 16.7. The van der Waals surface area contributed by atoms with Crippen molar-refractivity contribution in [2.45, 2.75) is 12.5 Å². The first-order chi connectivity index (χ1) is 13.8. The Balaban J connectivity index is 1.27. The molecular formula is C21H17N3O4. The number of hydrogen-bond donors (Lipinski definition) is 1. The van der Waals surface area contributed by atoms with E-state index in [2.05, 4.69) is 15.3 Å². The van der Waals surface area contributed by atoms with E-state index in [4.69, 9.17) is 14.2 Å². The van der Waals surface area contributed by atoms with Gasteiger partial charge in [-0.1, -0.05) is 12.1 Å². The van der Waals surface area contributed by atoms with E-state index in [1.807, 2.05) is 18.2 Å². The van der Waals surface area contributed by atoms with Crippen LogP contribution in [0.15, 0.2) is 55.0 Å². The lowest BCUT2D eigenvalue weighted by Crippen LogP contribution is -2.34. The third-order valence-electron chi connectivity index (χ3n) is 4.79. The quantitative estimate of drug-likeness (QED) is 0.755. The zero-order chi connectivity index (χ0) is 18.9. The van der Waals surface area contributed by atoms with Gasteiger partial charge in [0.15, 0.2) is 11.5 Å². The molecule has 0 bridgehead atoms. The summed E-state index contributed by atoms with van der Waals surface area (Å²) >= 11 is 0. The molecule has 0 fully saturated rings. The van der Waals surface area contributed by atoms with Crippen LogP contribution in [0.2, 0.25) is 0 Å². The standard InChI is InChI=1S/C21H17N3O4/c25-21(14-4-5-18-19(9-14)27-12-26-18)24-10-15-8-13-2-1-3-16(20(13)28-15)17-11-22-6-7-23-17/h1-7,9,11,15H,8,10,12H2,(H,24,25)/t15-/m0/s1. The van der Waals surface area contributed by atoms with Crippen molar-refractivity contribution in [1.82, 2.24) is 15.3 Å². The van der Waals surface area contributed by atoms with Gasteiger partial charge in [0.2, 0.25) is 6.79 Å². The third kappa shape index (κ3) is 3.00. The van der Waals surface area contributed by atoms with Crippen LogP contribution in [0.1, 0.15) is 15.9 Å². The van der Waals surface area contributed by atoms with Gasteiger partial charge in [0.05, 0.1) is 18.4 Å². The predicted octanol–water partition coefficient (Wildman–Crippen LogP) is 2.61. The molecule has 2 aromatic carbocycles. The number of rotatable bonds is 4. The van der Waals surface area contributed by atoms with E-state index < -0.39 is 0 Å². The summed E-state index contributed by atoms with van der Waals surface area (Å²) in [5, 5.41) is 2.94. The Morgan fingerprint density at radius 1 is 1.14 bits per heavy atom. The van der Waals surface area contributed by atoms with Gasteiger partial charge in [0.1, 0.15) is 11.9 Å². The number of nitrogens with one attached hydrogen (secondary N) is 1. The maximum atomic E-state index is 12.5. The first-order valence-corrected chi connectivity index (χ1v) is 9.01. The van der Waals surface area contributed by atoms with E-state index in [1.54, 1.807) is 36.8 Å². The molecule has 1 amide bonds. The van der Waals surface area contributed by atoms with Crippen molar-refractivity contribution >= 4 is 5.91 Å². The van der Waals surface area contributed by atoms with Gasteiger partial charge in [-0.15, -0.1) is 0 Å². The molecule has 7 heteroatoms. The molecule has 0 unspecified atom stereocenters. The minimum atomic E-state index is -0.174. The van der Waals surface area contributed by atoms with Gasteiger partial charge >= 0.3 is 0 Å². The van der Waals surface area contributed by atoms with Crippen molar-refractivity contribution in [3.05, 3.63) is 66.1 Å². The van der Waals surface area contributed by atoms with Gasteiger partial charge in [-0.05, 0) is 29.8 Å².